The van der Waals surface area contributed by atoms with Gasteiger partial charge in [0.2, 0.25) is 0 Å². The van der Waals surface area contributed by atoms with Crippen LogP contribution in [0.2, 0.25) is 0 Å². The first kappa shape index (κ1) is 15.1. The topological polar surface area (TPSA) is 101 Å². The molecule has 0 radical (unpaired) electrons. The van der Waals surface area contributed by atoms with Gasteiger partial charge in [0.05, 0.1) is 0 Å². The number of thiophene rings is 1. The average molecular weight is 281 g/mol. The number of carboxylic acids is 2. The van der Waals surface area contributed by atoms with Crippen LogP contribution in [0.3, 0.4) is 0 Å². The van der Waals surface area contributed by atoms with E-state index in [2.05, 4.69) is 0 Å². The molecule has 0 amide bonds. The van der Waals surface area contributed by atoms with Gasteiger partial charge in [0.25, 0.3) is 5.97 Å². The Balaban J connectivity index is 0.000000399. The SMILES string of the molecule is CC(=O)O.NC(Cc1csc2ccccc12)C(=O)O. The Morgan fingerprint density at radius 2 is 1.89 bits per heavy atom. The predicted molar refractivity (Wildman–Crippen MR) is 74.5 cm³/mol. The molecule has 0 fully saturated rings. The highest BCUT2D eigenvalue weighted by Gasteiger charge is 2.14. The van der Waals surface area contributed by atoms with E-state index in [-0.39, 0.29) is 0 Å². The average Bonchev–Trinajstić information content (AvgIpc) is 2.72. The van der Waals surface area contributed by atoms with Crippen molar-refractivity contribution in [3.8, 4) is 0 Å². The van der Waals surface area contributed by atoms with Crippen molar-refractivity contribution in [3.63, 3.8) is 0 Å². The number of carboxylic acid groups (broad SMARTS) is 2. The number of hydrogen-bond donors (Lipinski definition) is 3. The lowest BCUT2D eigenvalue weighted by Gasteiger charge is -2.04. The molecular weight excluding hydrogens is 266 g/mol. The second kappa shape index (κ2) is 6.86. The Morgan fingerprint density at radius 3 is 2.47 bits per heavy atom. The highest BCUT2D eigenvalue weighted by atomic mass is 32.1. The molecule has 1 heterocycles. The molecule has 2 rings (SSSR count). The third-order valence-corrected chi connectivity index (χ3v) is 3.33. The number of fused-ring (bicyclic) bond motifs is 1. The molecule has 5 nitrogen and oxygen atoms in total. The molecule has 0 aliphatic carbocycles. The predicted octanol–water partition coefficient (Wildman–Crippen LogP) is 1.95. The van der Waals surface area contributed by atoms with Gasteiger partial charge in [-0.05, 0) is 28.8 Å². The minimum atomic E-state index is -0.953. The van der Waals surface area contributed by atoms with Gasteiger partial charge in [-0.2, -0.15) is 0 Å². The summed E-state index contributed by atoms with van der Waals surface area (Å²) in [5.41, 5.74) is 6.52. The number of nitrogens with two attached hydrogens (primary N) is 1. The van der Waals surface area contributed by atoms with E-state index in [1.54, 1.807) is 11.3 Å². The van der Waals surface area contributed by atoms with Gasteiger partial charge in [0.1, 0.15) is 6.04 Å². The van der Waals surface area contributed by atoms with Crippen molar-refractivity contribution >= 4 is 33.4 Å². The Morgan fingerprint density at radius 1 is 1.32 bits per heavy atom. The van der Waals surface area contributed by atoms with E-state index in [4.69, 9.17) is 20.7 Å². The van der Waals surface area contributed by atoms with E-state index in [9.17, 15) is 4.79 Å². The lowest BCUT2D eigenvalue weighted by atomic mass is 10.1. The number of aliphatic carboxylic acids is 2. The normalized spacial score (nSPS) is 11.5. The summed E-state index contributed by atoms with van der Waals surface area (Å²) in [6, 6.07) is 7.12. The van der Waals surface area contributed by atoms with Gasteiger partial charge in [-0.15, -0.1) is 11.3 Å². The standard InChI is InChI=1S/C11H11NO2S.C2H4O2/c12-9(11(13)14)5-7-6-15-10-4-2-1-3-8(7)10;1-2(3)4/h1-4,6,9H,5,12H2,(H,13,14);1H3,(H,3,4). The third kappa shape index (κ3) is 4.69. The van der Waals surface area contributed by atoms with Gasteiger partial charge in [0, 0.05) is 11.6 Å². The van der Waals surface area contributed by atoms with Crippen molar-refractivity contribution in [1.29, 1.82) is 0 Å². The molecule has 1 aromatic heterocycles. The van der Waals surface area contributed by atoms with Crippen LogP contribution in [0.4, 0.5) is 0 Å². The van der Waals surface area contributed by atoms with E-state index >= 15 is 0 Å². The van der Waals surface area contributed by atoms with Crippen LogP contribution in [-0.2, 0) is 16.0 Å². The van der Waals surface area contributed by atoms with E-state index in [1.165, 1.54) is 4.70 Å². The molecule has 102 valence electrons. The Kier molecular flexibility index (Phi) is 5.47. The van der Waals surface area contributed by atoms with Gasteiger partial charge in [-0.25, -0.2) is 0 Å². The molecule has 1 unspecified atom stereocenters. The second-order valence-electron chi connectivity index (χ2n) is 3.92. The summed E-state index contributed by atoms with van der Waals surface area (Å²) < 4.78 is 1.17. The molecule has 1 aromatic carbocycles. The van der Waals surface area contributed by atoms with Gasteiger partial charge in [-0.1, -0.05) is 18.2 Å². The van der Waals surface area contributed by atoms with Gasteiger partial charge in [-0.3, -0.25) is 9.59 Å². The number of carbonyl (C=O) groups is 2. The molecule has 0 spiro atoms. The summed E-state index contributed by atoms with van der Waals surface area (Å²) >= 11 is 1.62. The fourth-order valence-electron chi connectivity index (χ4n) is 1.52. The van der Waals surface area contributed by atoms with Crippen LogP contribution < -0.4 is 5.73 Å². The Bertz CT molecular complexity index is 575. The lowest BCUT2D eigenvalue weighted by Crippen LogP contribution is -2.32. The molecule has 4 N–H and O–H groups in total. The van der Waals surface area contributed by atoms with E-state index in [0.29, 0.717) is 6.42 Å². The maximum atomic E-state index is 10.6. The van der Waals surface area contributed by atoms with Crippen LogP contribution >= 0.6 is 11.3 Å². The largest absolute Gasteiger partial charge is 0.481 e. The quantitative estimate of drug-likeness (QED) is 0.798. The van der Waals surface area contributed by atoms with Crippen molar-refractivity contribution in [2.24, 2.45) is 5.73 Å². The first-order valence-electron chi connectivity index (χ1n) is 5.55. The number of rotatable bonds is 3. The highest BCUT2D eigenvalue weighted by molar-refractivity contribution is 7.17. The maximum Gasteiger partial charge on any atom is 0.320 e. The zero-order valence-corrected chi connectivity index (χ0v) is 11.2. The van der Waals surface area contributed by atoms with Crippen LogP contribution in [-0.4, -0.2) is 28.2 Å². The summed E-state index contributed by atoms with van der Waals surface area (Å²) in [5.74, 6) is -1.79. The van der Waals surface area contributed by atoms with Crippen molar-refractivity contribution in [2.75, 3.05) is 0 Å². The Labute approximate surface area is 114 Å². The van der Waals surface area contributed by atoms with Gasteiger partial charge in [0.15, 0.2) is 0 Å². The fraction of sp³-hybridized carbons (Fsp3) is 0.231. The zero-order chi connectivity index (χ0) is 14.4. The molecule has 0 bridgehead atoms. The first-order chi connectivity index (χ1) is 8.91. The van der Waals surface area contributed by atoms with Gasteiger partial charge < -0.3 is 15.9 Å². The van der Waals surface area contributed by atoms with Crippen molar-refractivity contribution in [2.45, 2.75) is 19.4 Å². The molecule has 19 heavy (non-hydrogen) atoms. The minimum Gasteiger partial charge on any atom is -0.481 e. The van der Waals surface area contributed by atoms with Crippen LogP contribution in [0, 0.1) is 0 Å². The number of benzene rings is 1. The zero-order valence-electron chi connectivity index (χ0n) is 10.4. The summed E-state index contributed by atoms with van der Waals surface area (Å²) in [6.45, 7) is 1.08. The van der Waals surface area contributed by atoms with Crippen molar-refractivity contribution in [3.05, 3.63) is 35.2 Å². The monoisotopic (exact) mass is 281 g/mol. The number of hydrogen-bond acceptors (Lipinski definition) is 4. The minimum absolute atomic E-state index is 0.388. The van der Waals surface area contributed by atoms with Crippen LogP contribution in [0.25, 0.3) is 10.1 Å². The molecule has 0 saturated heterocycles. The third-order valence-electron chi connectivity index (χ3n) is 2.32. The summed E-state index contributed by atoms with van der Waals surface area (Å²) in [4.78, 5) is 19.6. The molecule has 0 aliphatic rings. The van der Waals surface area contributed by atoms with E-state index < -0.39 is 18.0 Å². The summed E-state index contributed by atoms with van der Waals surface area (Å²) in [6.07, 6.45) is 0.388. The second-order valence-corrected chi connectivity index (χ2v) is 4.84. The van der Waals surface area contributed by atoms with Crippen LogP contribution in [0.1, 0.15) is 12.5 Å². The molecule has 2 aromatic rings. The highest BCUT2D eigenvalue weighted by Crippen LogP contribution is 2.26. The molecule has 6 heteroatoms. The molecule has 0 saturated carbocycles. The van der Waals surface area contributed by atoms with Crippen LogP contribution in [0.15, 0.2) is 29.6 Å². The smallest absolute Gasteiger partial charge is 0.320 e. The van der Waals surface area contributed by atoms with Crippen molar-refractivity contribution < 1.29 is 19.8 Å². The molecule has 1 atom stereocenters. The van der Waals surface area contributed by atoms with E-state index in [1.807, 2.05) is 29.6 Å². The van der Waals surface area contributed by atoms with Gasteiger partial charge >= 0.3 is 5.97 Å². The van der Waals surface area contributed by atoms with Crippen LogP contribution in [0.5, 0.6) is 0 Å². The van der Waals surface area contributed by atoms with E-state index in [0.717, 1.165) is 17.9 Å². The maximum absolute atomic E-state index is 10.6. The lowest BCUT2D eigenvalue weighted by molar-refractivity contribution is -0.138. The Hall–Kier alpha value is -1.92. The van der Waals surface area contributed by atoms with Crippen molar-refractivity contribution in [1.82, 2.24) is 0 Å². The first-order valence-corrected chi connectivity index (χ1v) is 6.42. The summed E-state index contributed by atoms with van der Waals surface area (Å²) in [7, 11) is 0. The summed E-state index contributed by atoms with van der Waals surface area (Å²) in [5, 5.41) is 19.2. The molecular formula is C13H15NO4S. The molecule has 0 aliphatic heterocycles. The fourth-order valence-corrected chi connectivity index (χ4v) is 2.49.